The van der Waals surface area contributed by atoms with E-state index in [4.69, 9.17) is 23.2 Å². The summed E-state index contributed by atoms with van der Waals surface area (Å²) in [4.78, 5) is 4.52. The molecule has 0 bridgehead atoms. The molecule has 1 saturated heterocycles. The Morgan fingerprint density at radius 2 is 2.20 bits per heavy atom. The standard InChI is InChI=1S/C13H14Cl2N2O2S/c1-8(14)13-16-11-6-9(15)2-3-12(11)17(13)10-4-5-20(18,19)7-10/h2-3,6,8,10H,4-5,7H2,1H3. The number of rotatable bonds is 2. The van der Waals surface area contributed by atoms with Crippen molar-refractivity contribution in [1.29, 1.82) is 0 Å². The Kier molecular flexibility index (Phi) is 3.47. The maximum absolute atomic E-state index is 11.7. The van der Waals surface area contributed by atoms with Crippen LogP contribution < -0.4 is 0 Å². The van der Waals surface area contributed by atoms with Crippen LogP contribution in [0.3, 0.4) is 0 Å². The van der Waals surface area contributed by atoms with Gasteiger partial charge in [0.2, 0.25) is 0 Å². The van der Waals surface area contributed by atoms with Crippen LogP contribution in [0.5, 0.6) is 0 Å². The van der Waals surface area contributed by atoms with Crippen molar-refractivity contribution in [2.75, 3.05) is 11.5 Å². The smallest absolute Gasteiger partial charge is 0.152 e. The lowest BCUT2D eigenvalue weighted by molar-refractivity contribution is 0.545. The molecule has 3 rings (SSSR count). The van der Waals surface area contributed by atoms with Crippen LogP contribution in [0.2, 0.25) is 5.02 Å². The van der Waals surface area contributed by atoms with Crippen molar-refractivity contribution in [2.24, 2.45) is 0 Å². The van der Waals surface area contributed by atoms with E-state index in [0.717, 1.165) is 11.0 Å². The first kappa shape index (κ1) is 14.2. The molecule has 1 fully saturated rings. The summed E-state index contributed by atoms with van der Waals surface area (Å²) >= 11 is 12.2. The molecule has 0 aliphatic carbocycles. The minimum absolute atomic E-state index is 0.0950. The highest BCUT2D eigenvalue weighted by atomic mass is 35.5. The number of halogens is 2. The van der Waals surface area contributed by atoms with Crippen LogP contribution in [0.15, 0.2) is 18.2 Å². The first-order valence-electron chi connectivity index (χ1n) is 6.39. The fraction of sp³-hybridized carbons (Fsp3) is 0.462. The zero-order chi connectivity index (χ0) is 14.5. The van der Waals surface area contributed by atoms with Gasteiger partial charge in [-0.25, -0.2) is 13.4 Å². The monoisotopic (exact) mass is 332 g/mol. The molecule has 7 heteroatoms. The summed E-state index contributed by atoms with van der Waals surface area (Å²) in [7, 11) is -2.96. The van der Waals surface area contributed by atoms with E-state index >= 15 is 0 Å². The molecule has 2 unspecified atom stereocenters. The van der Waals surface area contributed by atoms with E-state index < -0.39 is 9.84 Å². The summed E-state index contributed by atoms with van der Waals surface area (Å²) in [5, 5.41) is 0.319. The summed E-state index contributed by atoms with van der Waals surface area (Å²) in [6.45, 7) is 1.84. The second-order valence-electron chi connectivity index (χ2n) is 5.15. The number of fused-ring (bicyclic) bond motifs is 1. The first-order valence-corrected chi connectivity index (χ1v) is 9.03. The van der Waals surface area contributed by atoms with E-state index in [0.29, 0.717) is 17.3 Å². The summed E-state index contributed by atoms with van der Waals surface area (Å²) in [5.74, 6) is 1.07. The fourth-order valence-corrected chi connectivity index (χ4v) is 4.75. The van der Waals surface area contributed by atoms with Crippen LogP contribution in [0.1, 0.15) is 30.6 Å². The topological polar surface area (TPSA) is 52.0 Å². The summed E-state index contributed by atoms with van der Waals surface area (Å²) < 4.78 is 25.4. The van der Waals surface area contributed by atoms with Crippen LogP contribution in [0.4, 0.5) is 0 Å². The maximum atomic E-state index is 11.7. The highest BCUT2D eigenvalue weighted by Crippen LogP contribution is 2.33. The number of hydrogen-bond acceptors (Lipinski definition) is 3. The third kappa shape index (κ3) is 2.43. The quantitative estimate of drug-likeness (QED) is 0.792. The number of aromatic nitrogens is 2. The van der Waals surface area contributed by atoms with Gasteiger partial charge in [-0.15, -0.1) is 11.6 Å². The van der Waals surface area contributed by atoms with Crippen molar-refractivity contribution in [1.82, 2.24) is 9.55 Å². The molecule has 0 amide bonds. The lowest BCUT2D eigenvalue weighted by Crippen LogP contribution is -2.14. The van der Waals surface area contributed by atoms with Gasteiger partial charge in [-0.3, -0.25) is 0 Å². The molecule has 2 heterocycles. The lowest BCUT2D eigenvalue weighted by Gasteiger charge is -2.16. The third-order valence-corrected chi connectivity index (χ3v) is 5.79. The number of alkyl halides is 1. The number of nitrogens with zero attached hydrogens (tertiary/aromatic N) is 2. The number of hydrogen-bond donors (Lipinski definition) is 0. The molecule has 0 N–H and O–H groups in total. The van der Waals surface area contributed by atoms with Gasteiger partial charge in [-0.2, -0.15) is 0 Å². The molecule has 0 radical (unpaired) electrons. The Labute approximate surface area is 127 Å². The van der Waals surface area contributed by atoms with Crippen molar-refractivity contribution < 1.29 is 8.42 Å². The summed E-state index contributed by atoms with van der Waals surface area (Å²) in [5.41, 5.74) is 1.64. The van der Waals surface area contributed by atoms with Gasteiger partial charge in [0.05, 0.1) is 34.0 Å². The number of benzene rings is 1. The predicted molar refractivity (Wildman–Crippen MR) is 81.3 cm³/mol. The van der Waals surface area contributed by atoms with Crippen molar-refractivity contribution in [3.63, 3.8) is 0 Å². The minimum atomic E-state index is -2.96. The zero-order valence-corrected chi connectivity index (χ0v) is 13.2. The van der Waals surface area contributed by atoms with Crippen LogP contribution in [0.25, 0.3) is 11.0 Å². The highest BCUT2D eigenvalue weighted by Gasteiger charge is 2.32. The summed E-state index contributed by atoms with van der Waals surface area (Å²) in [6, 6.07) is 5.34. The Morgan fingerprint density at radius 3 is 2.80 bits per heavy atom. The largest absolute Gasteiger partial charge is 0.323 e. The molecule has 4 nitrogen and oxygen atoms in total. The van der Waals surface area contributed by atoms with Gasteiger partial charge in [0.1, 0.15) is 5.82 Å². The molecule has 2 atom stereocenters. The number of sulfone groups is 1. The normalized spacial score (nSPS) is 23.2. The molecule has 2 aromatic rings. The average molecular weight is 333 g/mol. The molecule has 20 heavy (non-hydrogen) atoms. The zero-order valence-electron chi connectivity index (χ0n) is 10.9. The molecule has 1 aromatic carbocycles. The molecular formula is C13H14Cl2N2O2S. The SMILES string of the molecule is CC(Cl)c1nc2cc(Cl)ccc2n1C1CCS(=O)(=O)C1. The van der Waals surface area contributed by atoms with E-state index in [1.807, 2.05) is 17.6 Å². The fourth-order valence-electron chi connectivity index (χ4n) is 2.73. The average Bonchev–Trinajstić information content (AvgIpc) is 2.88. The second kappa shape index (κ2) is 4.90. The maximum Gasteiger partial charge on any atom is 0.152 e. The van der Waals surface area contributed by atoms with E-state index in [1.165, 1.54) is 0 Å². The van der Waals surface area contributed by atoms with E-state index in [9.17, 15) is 8.42 Å². The van der Waals surface area contributed by atoms with Gasteiger partial charge < -0.3 is 4.57 Å². The number of imidazole rings is 1. The Morgan fingerprint density at radius 1 is 1.45 bits per heavy atom. The van der Waals surface area contributed by atoms with Gasteiger partial charge in [-0.05, 0) is 31.5 Å². The molecule has 1 aliphatic rings. The summed E-state index contributed by atoms with van der Waals surface area (Å²) in [6.07, 6.45) is 0.604. The first-order chi connectivity index (χ1) is 9.37. The lowest BCUT2D eigenvalue weighted by atomic mass is 10.2. The van der Waals surface area contributed by atoms with Gasteiger partial charge in [0.25, 0.3) is 0 Å². The van der Waals surface area contributed by atoms with Crippen molar-refractivity contribution >= 4 is 44.1 Å². The van der Waals surface area contributed by atoms with E-state index in [-0.39, 0.29) is 22.9 Å². The molecule has 1 aromatic heterocycles. The van der Waals surface area contributed by atoms with E-state index in [1.54, 1.807) is 12.1 Å². The third-order valence-electron chi connectivity index (χ3n) is 3.61. The van der Waals surface area contributed by atoms with Gasteiger partial charge in [-0.1, -0.05) is 11.6 Å². The Balaban J connectivity index is 2.19. The van der Waals surface area contributed by atoms with Crippen LogP contribution in [-0.4, -0.2) is 29.5 Å². The van der Waals surface area contributed by atoms with Gasteiger partial charge >= 0.3 is 0 Å². The molecule has 0 saturated carbocycles. The predicted octanol–water partition coefficient (Wildman–Crippen LogP) is 3.35. The minimum Gasteiger partial charge on any atom is -0.323 e. The highest BCUT2D eigenvalue weighted by molar-refractivity contribution is 7.91. The molecular weight excluding hydrogens is 319 g/mol. The van der Waals surface area contributed by atoms with Crippen LogP contribution >= 0.6 is 23.2 Å². The molecule has 108 valence electrons. The second-order valence-corrected chi connectivity index (χ2v) is 8.47. The molecule has 1 aliphatic heterocycles. The van der Waals surface area contributed by atoms with E-state index in [2.05, 4.69) is 4.98 Å². The van der Waals surface area contributed by atoms with Crippen LogP contribution in [-0.2, 0) is 9.84 Å². The van der Waals surface area contributed by atoms with Crippen molar-refractivity contribution in [3.05, 3.63) is 29.0 Å². The Hall–Kier alpha value is -0.780. The Bertz CT molecular complexity index is 768. The van der Waals surface area contributed by atoms with Gasteiger partial charge in [0.15, 0.2) is 9.84 Å². The van der Waals surface area contributed by atoms with Crippen molar-refractivity contribution in [3.8, 4) is 0 Å². The van der Waals surface area contributed by atoms with Gasteiger partial charge in [0, 0.05) is 5.02 Å². The molecule has 0 spiro atoms. The van der Waals surface area contributed by atoms with Crippen molar-refractivity contribution in [2.45, 2.75) is 24.8 Å². The van der Waals surface area contributed by atoms with Crippen LogP contribution in [0, 0.1) is 0 Å².